The van der Waals surface area contributed by atoms with E-state index in [2.05, 4.69) is 10.3 Å². The summed E-state index contributed by atoms with van der Waals surface area (Å²) in [7, 11) is 1.56. The van der Waals surface area contributed by atoms with E-state index in [9.17, 15) is 9.59 Å². The molecule has 2 aromatic carbocycles. The van der Waals surface area contributed by atoms with E-state index >= 15 is 0 Å². The summed E-state index contributed by atoms with van der Waals surface area (Å²) in [4.78, 5) is 29.5. The first-order chi connectivity index (χ1) is 13.1. The number of hydrogen-bond acceptors (Lipinski definition) is 5. The van der Waals surface area contributed by atoms with Gasteiger partial charge in [0.25, 0.3) is 5.56 Å². The van der Waals surface area contributed by atoms with Gasteiger partial charge in [-0.25, -0.2) is 4.98 Å². The molecule has 3 aromatic rings. The predicted octanol–water partition coefficient (Wildman–Crippen LogP) is 3.28. The first-order valence-corrected chi connectivity index (χ1v) is 9.48. The topological polar surface area (TPSA) is 73.2 Å². The number of carbonyl (C=O) groups excluding carboxylic acids is 1. The van der Waals surface area contributed by atoms with Gasteiger partial charge in [-0.2, -0.15) is 0 Å². The molecular weight excluding hydrogens is 362 g/mol. The molecule has 0 aliphatic heterocycles. The SMILES string of the molecule is COc1cccc(NC(=O)Cn2c(SC)nc(-c3ccccc3)cc2=O)c1. The molecule has 1 N–H and O–H groups in total. The van der Waals surface area contributed by atoms with Crippen molar-refractivity contribution in [2.45, 2.75) is 11.7 Å². The Hall–Kier alpha value is -3.06. The van der Waals surface area contributed by atoms with Crippen LogP contribution < -0.4 is 15.6 Å². The van der Waals surface area contributed by atoms with Gasteiger partial charge >= 0.3 is 0 Å². The molecular formula is C20H19N3O3S. The van der Waals surface area contributed by atoms with Gasteiger partial charge in [-0.1, -0.05) is 48.2 Å². The molecule has 0 saturated heterocycles. The summed E-state index contributed by atoms with van der Waals surface area (Å²) >= 11 is 1.32. The van der Waals surface area contributed by atoms with Crippen molar-refractivity contribution in [1.82, 2.24) is 9.55 Å². The van der Waals surface area contributed by atoms with E-state index in [4.69, 9.17) is 4.74 Å². The molecule has 0 aliphatic carbocycles. The second-order valence-electron chi connectivity index (χ2n) is 5.70. The minimum absolute atomic E-state index is 0.117. The van der Waals surface area contributed by atoms with Gasteiger partial charge in [-0.05, 0) is 18.4 Å². The van der Waals surface area contributed by atoms with Crippen molar-refractivity contribution < 1.29 is 9.53 Å². The maximum atomic E-state index is 12.6. The van der Waals surface area contributed by atoms with Crippen LogP contribution in [0.5, 0.6) is 5.75 Å². The molecule has 0 bridgehead atoms. The van der Waals surface area contributed by atoms with Crippen LogP contribution in [0.4, 0.5) is 5.69 Å². The van der Waals surface area contributed by atoms with E-state index in [1.165, 1.54) is 22.4 Å². The van der Waals surface area contributed by atoms with Gasteiger partial charge in [0.1, 0.15) is 12.3 Å². The van der Waals surface area contributed by atoms with Crippen LogP contribution in [0.3, 0.4) is 0 Å². The fourth-order valence-electron chi connectivity index (χ4n) is 2.59. The number of carbonyl (C=O) groups is 1. The van der Waals surface area contributed by atoms with Crippen molar-refractivity contribution in [2.24, 2.45) is 0 Å². The summed E-state index contributed by atoms with van der Waals surface area (Å²) in [6.45, 7) is -0.117. The summed E-state index contributed by atoms with van der Waals surface area (Å²) in [6, 6.07) is 18.0. The fraction of sp³-hybridized carbons (Fsp3) is 0.150. The number of nitrogens with zero attached hydrogens (tertiary/aromatic N) is 2. The number of nitrogens with one attached hydrogen (secondary N) is 1. The normalized spacial score (nSPS) is 10.4. The Bertz CT molecular complexity index is 1000. The third-order valence-corrected chi connectivity index (χ3v) is 4.56. The molecule has 0 unspecified atom stereocenters. The average Bonchev–Trinajstić information content (AvgIpc) is 2.70. The lowest BCUT2D eigenvalue weighted by atomic mass is 10.1. The number of amides is 1. The number of aromatic nitrogens is 2. The highest BCUT2D eigenvalue weighted by atomic mass is 32.2. The number of methoxy groups -OCH3 is 1. The van der Waals surface area contributed by atoms with Crippen molar-refractivity contribution in [3.8, 4) is 17.0 Å². The minimum atomic E-state index is -0.310. The quantitative estimate of drug-likeness (QED) is 0.524. The third-order valence-electron chi connectivity index (χ3n) is 3.88. The lowest BCUT2D eigenvalue weighted by Crippen LogP contribution is -2.29. The number of rotatable bonds is 6. The Labute approximate surface area is 161 Å². The second kappa shape index (κ2) is 8.55. The Morgan fingerprint density at radius 3 is 2.63 bits per heavy atom. The molecule has 6 nitrogen and oxygen atoms in total. The number of ether oxygens (including phenoxy) is 1. The van der Waals surface area contributed by atoms with Crippen molar-refractivity contribution in [2.75, 3.05) is 18.7 Å². The van der Waals surface area contributed by atoms with Crippen LogP contribution in [0.2, 0.25) is 0 Å². The van der Waals surface area contributed by atoms with Crippen LogP contribution in [0.25, 0.3) is 11.3 Å². The molecule has 1 heterocycles. The first kappa shape index (κ1) is 18.7. The van der Waals surface area contributed by atoms with Crippen LogP contribution in [0.1, 0.15) is 0 Å². The number of hydrogen-bond donors (Lipinski definition) is 1. The average molecular weight is 381 g/mol. The summed E-state index contributed by atoms with van der Waals surface area (Å²) in [5.74, 6) is 0.332. The van der Waals surface area contributed by atoms with Crippen LogP contribution in [-0.2, 0) is 11.3 Å². The first-order valence-electron chi connectivity index (χ1n) is 8.26. The molecule has 7 heteroatoms. The molecule has 3 rings (SSSR count). The Balaban J connectivity index is 1.83. The zero-order valence-electron chi connectivity index (χ0n) is 15.0. The smallest absolute Gasteiger partial charge is 0.255 e. The molecule has 0 fully saturated rings. The molecule has 0 saturated carbocycles. The lowest BCUT2D eigenvalue weighted by Gasteiger charge is -2.12. The number of benzene rings is 2. The summed E-state index contributed by atoms with van der Waals surface area (Å²) in [6.07, 6.45) is 1.83. The molecule has 138 valence electrons. The zero-order chi connectivity index (χ0) is 19.2. The van der Waals surface area contributed by atoms with Crippen LogP contribution >= 0.6 is 11.8 Å². The van der Waals surface area contributed by atoms with Gasteiger partial charge in [0.05, 0.1) is 12.8 Å². The molecule has 0 atom stereocenters. The second-order valence-corrected chi connectivity index (χ2v) is 6.47. The van der Waals surface area contributed by atoms with Crippen molar-refractivity contribution in [3.63, 3.8) is 0 Å². The van der Waals surface area contributed by atoms with E-state index in [0.717, 1.165) is 5.56 Å². The highest BCUT2D eigenvalue weighted by Crippen LogP contribution is 2.19. The molecule has 1 aromatic heterocycles. The van der Waals surface area contributed by atoms with Gasteiger partial charge in [0, 0.05) is 23.4 Å². The van der Waals surface area contributed by atoms with E-state index in [1.54, 1.807) is 31.4 Å². The minimum Gasteiger partial charge on any atom is -0.497 e. The van der Waals surface area contributed by atoms with Gasteiger partial charge in [0.15, 0.2) is 5.16 Å². The van der Waals surface area contributed by atoms with Gasteiger partial charge < -0.3 is 10.1 Å². The van der Waals surface area contributed by atoms with Crippen molar-refractivity contribution in [3.05, 3.63) is 71.0 Å². The van der Waals surface area contributed by atoms with Crippen molar-refractivity contribution in [1.29, 1.82) is 0 Å². The van der Waals surface area contributed by atoms with E-state index in [1.807, 2.05) is 36.6 Å². The van der Waals surface area contributed by atoms with Crippen LogP contribution in [0, 0.1) is 0 Å². The van der Waals surface area contributed by atoms with E-state index < -0.39 is 0 Å². The number of thioether (sulfide) groups is 1. The maximum Gasteiger partial charge on any atom is 0.255 e. The van der Waals surface area contributed by atoms with Crippen LogP contribution in [0.15, 0.2) is 70.6 Å². The largest absolute Gasteiger partial charge is 0.497 e. The predicted molar refractivity (Wildman–Crippen MR) is 107 cm³/mol. The van der Waals surface area contributed by atoms with Gasteiger partial charge in [-0.3, -0.25) is 14.2 Å². The Kier molecular flexibility index (Phi) is 5.93. The van der Waals surface area contributed by atoms with E-state index in [-0.39, 0.29) is 18.0 Å². The van der Waals surface area contributed by atoms with Gasteiger partial charge in [-0.15, -0.1) is 0 Å². The maximum absolute atomic E-state index is 12.6. The van der Waals surface area contributed by atoms with E-state index in [0.29, 0.717) is 22.3 Å². The monoisotopic (exact) mass is 381 g/mol. The summed E-state index contributed by atoms with van der Waals surface area (Å²) in [5.41, 5.74) is 1.79. The zero-order valence-corrected chi connectivity index (χ0v) is 15.8. The standard InChI is InChI=1S/C20H19N3O3S/c1-26-16-10-6-9-15(11-16)21-18(24)13-23-19(25)12-17(22-20(23)27-2)14-7-4-3-5-8-14/h3-12H,13H2,1-2H3,(H,21,24). The molecule has 0 spiro atoms. The lowest BCUT2D eigenvalue weighted by molar-refractivity contribution is -0.116. The molecule has 1 amide bonds. The molecule has 27 heavy (non-hydrogen) atoms. The Morgan fingerprint density at radius 2 is 1.93 bits per heavy atom. The fourth-order valence-corrected chi connectivity index (χ4v) is 3.15. The molecule has 0 aliphatic rings. The van der Waals surface area contributed by atoms with Gasteiger partial charge in [0.2, 0.25) is 5.91 Å². The summed E-state index contributed by atoms with van der Waals surface area (Å²) in [5, 5.41) is 3.26. The highest BCUT2D eigenvalue weighted by Gasteiger charge is 2.13. The third kappa shape index (κ3) is 4.57. The highest BCUT2D eigenvalue weighted by molar-refractivity contribution is 7.98. The van der Waals surface area contributed by atoms with Crippen LogP contribution in [-0.4, -0.2) is 28.8 Å². The number of anilines is 1. The molecule has 0 radical (unpaired) electrons. The van der Waals surface area contributed by atoms with Crippen molar-refractivity contribution >= 4 is 23.4 Å². The summed E-state index contributed by atoms with van der Waals surface area (Å²) < 4.78 is 6.51. The Morgan fingerprint density at radius 1 is 1.15 bits per heavy atom.